The number of alkyl halides is 2. The predicted molar refractivity (Wildman–Crippen MR) is 72.6 cm³/mol. The molecule has 0 amide bonds. The summed E-state index contributed by atoms with van der Waals surface area (Å²) in [6.45, 7) is 1.58. The van der Waals surface area contributed by atoms with E-state index in [9.17, 15) is 23.5 Å². The van der Waals surface area contributed by atoms with E-state index in [4.69, 9.17) is 5.11 Å². The molecule has 1 unspecified atom stereocenters. The molecule has 5 nitrogen and oxygen atoms in total. The largest absolute Gasteiger partial charge is 0.480 e. The Morgan fingerprint density at radius 3 is 2.45 bits per heavy atom. The van der Waals surface area contributed by atoms with Crippen LogP contribution >= 0.6 is 0 Å². The summed E-state index contributed by atoms with van der Waals surface area (Å²) in [4.78, 5) is 26.8. The summed E-state index contributed by atoms with van der Waals surface area (Å²) in [5, 5.41) is 18.7. The lowest BCUT2D eigenvalue weighted by atomic mass is 9.73. The molecule has 0 aliphatic heterocycles. The van der Waals surface area contributed by atoms with Gasteiger partial charge in [0.1, 0.15) is 5.41 Å². The third kappa shape index (κ3) is 2.74. The first kappa shape index (κ1) is 15.8. The molecule has 0 spiro atoms. The highest BCUT2D eigenvalue weighted by Gasteiger charge is 2.43. The van der Waals surface area contributed by atoms with Gasteiger partial charge in [-0.3, -0.25) is 9.78 Å². The first-order chi connectivity index (χ1) is 10.3. The lowest BCUT2D eigenvalue weighted by molar-refractivity contribution is -0.142. The Hall–Kier alpha value is -2.57. The normalized spacial score (nSPS) is 21.3. The number of hydrogen-bond donors (Lipinski definition) is 2. The van der Waals surface area contributed by atoms with E-state index in [-0.39, 0.29) is 23.3 Å². The van der Waals surface area contributed by atoms with Crippen molar-refractivity contribution >= 4 is 11.9 Å². The van der Waals surface area contributed by atoms with E-state index in [1.807, 2.05) is 0 Å². The molecule has 2 N–H and O–H groups in total. The number of aromatic nitrogens is 1. The van der Waals surface area contributed by atoms with Gasteiger partial charge in [0.2, 0.25) is 0 Å². The Balaban J connectivity index is 2.53. The first-order valence-corrected chi connectivity index (χ1v) is 6.37. The van der Waals surface area contributed by atoms with Crippen molar-refractivity contribution in [2.24, 2.45) is 0 Å². The average molecular weight is 309 g/mol. The fourth-order valence-corrected chi connectivity index (χ4v) is 2.45. The number of nitrogens with zero attached hydrogens (tertiary/aromatic N) is 1. The van der Waals surface area contributed by atoms with Crippen LogP contribution in [0.3, 0.4) is 0 Å². The molecule has 7 heteroatoms. The quantitative estimate of drug-likeness (QED) is 0.893. The highest BCUT2D eigenvalue weighted by Crippen LogP contribution is 2.37. The minimum atomic E-state index is -2.71. The molecule has 0 saturated carbocycles. The Morgan fingerprint density at radius 2 is 2.00 bits per heavy atom. The van der Waals surface area contributed by atoms with Gasteiger partial charge < -0.3 is 10.2 Å². The highest BCUT2D eigenvalue weighted by molar-refractivity contribution is 5.93. The SMILES string of the molecule is CC1=CC(C(=O)O)(c2ccc(C(F)F)cn2)CC(C(=O)O)=C1. The van der Waals surface area contributed by atoms with Gasteiger partial charge in [-0.25, -0.2) is 13.6 Å². The van der Waals surface area contributed by atoms with Crippen LogP contribution in [0.1, 0.15) is 31.0 Å². The maximum Gasteiger partial charge on any atom is 0.331 e. The lowest BCUT2D eigenvalue weighted by Crippen LogP contribution is -2.38. The number of carbonyl (C=O) groups is 2. The van der Waals surface area contributed by atoms with Crippen molar-refractivity contribution in [2.75, 3.05) is 0 Å². The molecule has 0 aromatic carbocycles. The zero-order valence-corrected chi connectivity index (χ0v) is 11.6. The molecular weight excluding hydrogens is 296 g/mol. The number of hydrogen-bond acceptors (Lipinski definition) is 3. The Morgan fingerprint density at radius 1 is 1.32 bits per heavy atom. The second-order valence-electron chi connectivity index (χ2n) is 5.09. The number of allylic oxidation sites excluding steroid dienone is 2. The first-order valence-electron chi connectivity index (χ1n) is 6.37. The van der Waals surface area contributed by atoms with Crippen molar-refractivity contribution < 1.29 is 28.6 Å². The molecule has 1 aliphatic rings. The van der Waals surface area contributed by atoms with E-state index >= 15 is 0 Å². The molecule has 0 bridgehead atoms. The minimum absolute atomic E-state index is 0.0237. The fraction of sp³-hybridized carbons (Fsp3) is 0.267. The van der Waals surface area contributed by atoms with Crippen molar-refractivity contribution in [3.8, 4) is 0 Å². The topological polar surface area (TPSA) is 87.5 Å². The van der Waals surface area contributed by atoms with Gasteiger partial charge >= 0.3 is 11.9 Å². The van der Waals surface area contributed by atoms with Crippen LogP contribution in [0.2, 0.25) is 0 Å². The highest BCUT2D eigenvalue weighted by atomic mass is 19.3. The van der Waals surface area contributed by atoms with E-state index in [1.54, 1.807) is 6.92 Å². The van der Waals surface area contributed by atoms with Gasteiger partial charge in [0.15, 0.2) is 0 Å². The smallest absolute Gasteiger partial charge is 0.331 e. The molecule has 116 valence electrons. The van der Waals surface area contributed by atoms with Gasteiger partial charge in [0.25, 0.3) is 6.43 Å². The fourth-order valence-electron chi connectivity index (χ4n) is 2.45. The maximum atomic E-state index is 12.6. The van der Waals surface area contributed by atoms with Gasteiger partial charge in [-0.05, 0) is 25.1 Å². The van der Waals surface area contributed by atoms with Gasteiger partial charge in [0.05, 0.1) is 5.69 Å². The van der Waals surface area contributed by atoms with Crippen LogP contribution in [-0.2, 0) is 15.0 Å². The standard InChI is InChI=1S/C15H13F2NO4/c1-8-4-10(13(19)20)6-15(5-8,14(21)22)11-3-2-9(7-18-11)12(16)17/h2-5,7,12H,6H2,1H3,(H,19,20)(H,21,22). The van der Waals surface area contributed by atoms with Gasteiger partial charge in [-0.15, -0.1) is 0 Å². The third-order valence-electron chi connectivity index (χ3n) is 3.50. The number of carboxylic acids is 2. The summed E-state index contributed by atoms with van der Waals surface area (Å²) in [7, 11) is 0. The third-order valence-corrected chi connectivity index (χ3v) is 3.50. The molecule has 1 heterocycles. The van der Waals surface area contributed by atoms with Crippen molar-refractivity contribution in [1.29, 1.82) is 0 Å². The molecular formula is C15H13F2NO4. The van der Waals surface area contributed by atoms with Crippen LogP contribution < -0.4 is 0 Å². The van der Waals surface area contributed by atoms with Crippen LogP contribution in [-0.4, -0.2) is 27.1 Å². The molecule has 0 fully saturated rings. The van der Waals surface area contributed by atoms with Crippen LogP contribution in [0.5, 0.6) is 0 Å². The molecule has 0 saturated heterocycles. The Labute approximate surface area is 124 Å². The van der Waals surface area contributed by atoms with E-state index < -0.39 is 23.8 Å². The number of aliphatic carboxylic acids is 2. The van der Waals surface area contributed by atoms with Crippen LogP contribution in [0.15, 0.2) is 41.6 Å². The van der Waals surface area contributed by atoms with Crippen LogP contribution in [0, 0.1) is 0 Å². The van der Waals surface area contributed by atoms with Gasteiger partial charge in [0, 0.05) is 23.8 Å². The summed E-state index contributed by atoms with van der Waals surface area (Å²) >= 11 is 0. The molecule has 1 aliphatic carbocycles. The second kappa shape index (κ2) is 5.67. The molecule has 1 aromatic heterocycles. The number of halogens is 2. The molecule has 1 aromatic rings. The zero-order chi connectivity index (χ0) is 16.5. The zero-order valence-electron chi connectivity index (χ0n) is 11.6. The summed E-state index contributed by atoms with van der Waals surface area (Å²) in [6, 6.07) is 2.30. The predicted octanol–water partition coefficient (Wildman–Crippen LogP) is 2.70. The van der Waals surface area contributed by atoms with Crippen LogP contribution in [0.4, 0.5) is 8.78 Å². The number of rotatable bonds is 4. The Kier molecular flexibility index (Phi) is 4.07. The number of carboxylic acid groups (broad SMARTS) is 2. The molecule has 0 radical (unpaired) electrons. The summed E-state index contributed by atoms with van der Waals surface area (Å²) < 4.78 is 25.1. The van der Waals surface area contributed by atoms with E-state index in [1.165, 1.54) is 18.2 Å². The Bertz CT molecular complexity index is 679. The van der Waals surface area contributed by atoms with E-state index in [2.05, 4.69) is 4.98 Å². The number of pyridine rings is 1. The van der Waals surface area contributed by atoms with Crippen molar-refractivity contribution in [3.63, 3.8) is 0 Å². The van der Waals surface area contributed by atoms with Gasteiger partial charge in [-0.1, -0.05) is 11.6 Å². The van der Waals surface area contributed by atoms with E-state index in [0.29, 0.717) is 5.57 Å². The van der Waals surface area contributed by atoms with E-state index in [0.717, 1.165) is 12.3 Å². The van der Waals surface area contributed by atoms with Crippen molar-refractivity contribution in [1.82, 2.24) is 4.98 Å². The van der Waals surface area contributed by atoms with Crippen molar-refractivity contribution in [3.05, 3.63) is 52.9 Å². The van der Waals surface area contributed by atoms with Crippen molar-refractivity contribution in [2.45, 2.75) is 25.2 Å². The molecule has 2 rings (SSSR count). The maximum absolute atomic E-state index is 12.6. The lowest BCUT2D eigenvalue weighted by Gasteiger charge is -2.29. The average Bonchev–Trinajstić information content (AvgIpc) is 2.46. The van der Waals surface area contributed by atoms with Crippen LogP contribution in [0.25, 0.3) is 0 Å². The molecule has 1 atom stereocenters. The summed E-state index contributed by atoms with van der Waals surface area (Å²) in [6.07, 6.45) is 0.687. The van der Waals surface area contributed by atoms with Gasteiger partial charge in [-0.2, -0.15) is 0 Å². The second-order valence-corrected chi connectivity index (χ2v) is 5.09. The monoisotopic (exact) mass is 309 g/mol. The summed E-state index contributed by atoms with van der Waals surface area (Å²) in [5.41, 5.74) is -1.58. The summed E-state index contributed by atoms with van der Waals surface area (Å²) in [5.74, 6) is -2.50. The minimum Gasteiger partial charge on any atom is -0.480 e. The molecule has 22 heavy (non-hydrogen) atoms.